The fraction of sp³-hybridized carbons (Fsp3) is 0.812. The van der Waals surface area contributed by atoms with Gasteiger partial charge in [-0.15, -0.1) is 0 Å². The van der Waals surface area contributed by atoms with E-state index in [2.05, 4.69) is 22.4 Å². The maximum atomic E-state index is 12.6. The van der Waals surface area contributed by atoms with Crippen molar-refractivity contribution in [2.24, 2.45) is 23.7 Å². The summed E-state index contributed by atoms with van der Waals surface area (Å²) in [5.41, 5.74) is 0. The summed E-state index contributed by atoms with van der Waals surface area (Å²) in [4.78, 5) is 14.7. The van der Waals surface area contributed by atoms with Crippen LogP contribution in [0.2, 0.25) is 0 Å². The fourth-order valence-corrected chi connectivity index (χ4v) is 4.09. The number of nitrogens with zero attached hydrogens (tertiary/aromatic N) is 1. The second-order valence-corrected chi connectivity index (χ2v) is 6.55. The van der Waals surface area contributed by atoms with E-state index in [0.29, 0.717) is 23.7 Å². The second kappa shape index (κ2) is 5.66. The first-order chi connectivity index (χ1) is 9.28. The molecule has 0 aromatic carbocycles. The Balaban J connectivity index is 1.49. The summed E-state index contributed by atoms with van der Waals surface area (Å²) >= 11 is 0. The highest BCUT2D eigenvalue weighted by molar-refractivity contribution is 5.80. The number of allylic oxidation sites excluding steroid dienone is 2. The number of carbonyl (C=O) groups excluding carboxylic acids is 1. The average Bonchev–Trinajstić information content (AvgIpc) is 3.07. The van der Waals surface area contributed by atoms with Gasteiger partial charge >= 0.3 is 0 Å². The van der Waals surface area contributed by atoms with E-state index >= 15 is 0 Å². The summed E-state index contributed by atoms with van der Waals surface area (Å²) in [5, 5.41) is 3.22. The SMILES string of the molecule is CNCCC1CCN(C(=O)C2CC3C=CC2C3)CC1. The molecule has 106 valence electrons. The fourth-order valence-electron chi connectivity index (χ4n) is 4.09. The lowest BCUT2D eigenvalue weighted by Crippen LogP contribution is -2.43. The zero-order valence-corrected chi connectivity index (χ0v) is 12.0. The van der Waals surface area contributed by atoms with Gasteiger partial charge in [0.05, 0.1) is 0 Å². The minimum absolute atomic E-state index is 0.309. The van der Waals surface area contributed by atoms with E-state index in [1.807, 2.05) is 7.05 Å². The van der Waals surface area contributed by atoms with Crippen molar-refractivity contribution in [3.8, 4) is 0 Å². The lowest BCUT2D eigenvalue weighted by Gasteiger charge is -2.34. The molecule has 3 atom stereocenters. The van der Waals surface area contributed by atoms with Gasteiger partial charge in [0.25, 0.3) is 0 Å². The van der Waals surface area contributed by atoms with Crippen molar-refractivity contribution in [2.75, 3.05) is 26.7 Å². The number of likely N-dealkylation sites (tertiary alicyclic amines) is 1. The zero-order valence-electron chi connectivity index (χ0n) is 12.0. The zero-order chi connectivity index (χ0) is 13.2. The summed E-state index contributed by atoms with van der Waals surface area (Å²) in [6.07, 6.45) is 10.6. The standard InChI is InChI=1S/C16H26N2O/c1-17-7-4-12-5-8-18(9-6-12)16(19)15-11-13-2-3-14(15)10-13/h2-3,12-15,17H,4-11H2,1H3. The Hall–Kier alpha value is -0.830. The Labute approximate surface area is 116 Å². The van der Waals surface area contributed by atoms with Gasteiger partial charge < -0.3 is 10.2 Å². The van der Waals surface area contributed by atoms with Gasteiger partial charge in [-0.2, -0.15) is 0 Å². The van der Waals surface area contributed by atoms with Crippen LogP contribution in [0.5, 0.6) is 0 Å². The van der Waals surface area contributed by atoms with Crippen LogP contribution in [0, 0.1) is 23.7 Å². The molecule has 2 bridgehead atoms. The molecule has 3 unspecified atom stereocenters. The third-order valence-corrected chi connectivity index (χ3v) is 5.32. The summed E-state index contributed by atoms with van der Waals surface area (Å²) in [6.45, 7) is 3.09. The van der Waals surface area contributed by atoms with E-state index in [9.17, 15) is 4.79 Å². The molecule has 2 fully saturated rings. The first-order valence-corrected chi connectivity index (χ1v) is 7.89. The van der Waals surface area contributed by atoms with Gasteiger partial charge in [-0.1, -0.05) is 12.2 Å². The van der Waals surface area contributed by atoms with Crippen LogP contribution in [-0.4, -0.2) is 37.5 Å². The number of hydrogen-bond acceptors (Lipinski definition) is 2. The Kier molecular flexibility index (Phi) is 3.92. The molecule has 1 aliphatic heterocycles. The van der Waals surface area contributed by atoms with Crippen molar-refractivity contribution in [2.45, 2.75) is 32.1 Å². The number of nitrogens with one attached hydrogen (secondary N) is 1. The van der Waals surface area contributed by atoms with Crippen molar-refractivity contribution in [1.82, 2.24) is 10.2 Å². The van der Waals surface area contributed by atoms with E-state index in [1.54, 1.807) is 0 Å². The van der Waals surface area contributed by atoms with Crippen molar-refractivity contribution < 1.29 is 4.79 Å². The van der Waals surface area contributed by atoms with Gasteiger partial charge in [-0.3, -0.25) is 4.79 Å². The van der Waals surface area contributed by atoms with E-state index in [1.165, 1.54) is 25.7 Å². The van der Waals surface area contributed by atoms with Gasteiger partial charge in [0.2, 0.25) is 5.91 Å². The molecule has 19 heavy (non-hydrogen) atoms. The van der Waals surface area contributed by atoms with Crippen LogP contribution in [0.4, 0.5) is 0 Å². The van der Waals surface area contributed by atoms with E-state index in [-0.39, 0.29) is 0 Å². The van der Waals surface area contributed by atoms with Gasteiger partial charge in [-0.05, 0) is 63.5 Å². The highest BCUT2D eigenvalue weighted by Crippen LogP contribution is 2.44. The Morgan fingerprint density at radius 2 is 2.05 bits per heavy atom. The van der Waals surface area contributed by atoms with Crippen LogP contribution in [0.25, 0.3) is 0 Å². The monoisotopic (exact) mass is 262 g/mol. The molecule has 3 aliphatic rings. The van der Waals surface area contributed by atoms with Crippen molar-refractivity contribution >= 4 is 5.91 Å². The third-order valence-electron chi connectivity index (χ3n) is 5.32. The second-order valence-electron chi connectivity index (χ2n) is 6.55. The number of hydrogen-bond donors (Lipinski definition) is 1. The number of rotatable bonds is 4. The quantitative estimate of drug-likeness (QED) is 0.786. The molecule has 1 N–H and O–H groups in total. The molecule has 0 aromatic heterocycles. The lowest BCUT2D eigenvalue weighted by atomic mass is 9.89. The average molecular weight is 262 g/mol. The predicted molar refractivity (Wildman–Crippen MR) is 76.7 cm³/mol. The van der Waals surface area contributed by atoms with E-state index in [4.69, 9.17) is 0 Å². The summed E-state index contributed by atoms with van der Waals surface area (Å²) in [6, 6.07) is 0. The number of carbonyl (C=O) groups is 1. The summed E-state index contributed by atoms with van der Waals surface area (Å²) in [7, 11) is 2.02. The van der Waals surface area contributed by atoms with Crippen molar-refractivity contribution in [1.29, 1.82) is 0 Å². The van der Waals surface area contributed by atoms with Gasteiger partial charge in [0.15, 0.2) is 0 Å². The maximum absolute atomic E-state index is 12.6. The first-order valence-electron chi connectivity index (χ1n) is 7.89. The molecule has 0 spiro atoms. The highest BCUT2D eigenvalue weighted by Gasteiger charge is 2.41. The highest BCUT2D eigenvalue weighted by atomic mass is 16.2. The van der Waals surface area contributed by atoms with Crippen LogP contribution in [0.3, 0.4) is 0 Å². The third kappa shape index (κ3) is 2.71. The van der Waals surface area contributed by atoms with Gasteiger partial charge in [0, 0.05) is 19.0 Å². The van der Waals surface area contributed by atoms with Crippen LogP contribution in [-0.2, 0) is 4.79 Å². The molecule has 1 heterocycles. The van der Waals surface area contributed by atoms with Crippen molar-refractivity contribution in [3.63, 3.8) is 0 Å². The van der Waals surface area contributed by atoms with Crippen LogP contribution in [0.1, 0.15) is 32.1 Å². The number of piperidine rings is 1. The van der Waals surface area contributed by atoms with Crippen molar-refractivity contribution in [3.05, 3.63) is 12.2 Å². The molecule has 1 amide bonds. The molecule has 0 aromatic rings. The molecule has 3 heteroatoms. The number of amides is 1. The van der Waals surface area contributed by atoms with Crippen LogP contribution in [0.15, 0.2) is 12.2 Å². The predicted octanol–water partition coefficient (Wildman–Crippen LogP) is 2.05. The van der Waals surface area contributed by atoms with Crippen LogP contribution < -0.4 is 5.32 Å². The largest absolute Gasteiger partial charge is 0.342 e. The molecule has 0 radical (unpaired) electrons. The van der Waals surface area contributed by atoms with Crippen LogP contribution >= 0.6 is 0 Å². The molecule has 2 aliphatic carbocycles. The normalized spacial score (nSPS) is 34.2. The Bertz CT molecular complexity index is 358. The molecular formula is C16H26N2O. The lowest BCUT2D eigenvalue weighted by molar-refractivity contribution is -0.137. The molecular weight excluding hydrogens is 236 g/mol. The summed E-state index contributed by atoms with van der Waals surface area (Å²) in [5.74, 6) is 2.83. The smallest absolute Gasteiger partial charge is 0.226 e. The minimum Gasteiger partial charge on any atom is -0.342 e. The summed E-state index contributed by atoms with van der Waals surface area (Å²) < 4.78 is 0. The minimum atomic E-state index is 0.309. The van der Waals surface area contributed by atoms with Gasteiger partial charge in [-0.25, -0.2) is 0 Å². The Morgan fingerprint density at radius 3 is 2.63 bits per heavy atom. The molecule has 1 saturated heterocycles. The topological polar surface area (TPSA) is 32.3 Å². The molecule has 1 saturated carbocycles. The van der Waals surface area contributed by atoms with E-state index in [0.717, 1.165) is 32.0 Å². The number of fused-ring (bicyclic) bond motifs is 2. The van der Waals surface area contributed by atoms with E-state index < -0.39 is 0 Å². The molecule has 3 rings (SSSR count). The van der Waals surface area contributed by atoms with Gasteiger partial charge in [0.1, 0.15) is 0 Å². The Morgan fingerprint density at radius 1 is 1.26 bits per heavy atom. The maximum Gasteiger partial charge on any atom is 0.226 e. The molecule has 3 nitrogen and oxygen atoms in total. The first kappa shape index (κ1) is 13.2.